The van der Waals surface area contributed by atoms with Gasteiger partial charge < -0.3 is 9.64 Å². The van der Waals surface area contributed by atoms with Crippen molar-refractivity contribution in [3.63, 3.8) is 0 Å². The van der Waals surface area contributed by atoms with Crippen LogP contribution in [0.2, 0.25) is 0 Å². The number of rotatable bonds is 6. The molecule has 0 atom stereocenters. The molecule has 1 saturated carbocycles. The van der Waals surface area contributed by atoms with Crippen LogP contribution in [0.4, 0.5) is 0 Å². The lowest BCUT2D eigenvalue weighted by Crippen LogP contribution is -2.26. The van der Waals surface area contributed by atoms with E-state index >= 15 is 0 Å². The van der Waals surface area contributed by atoms with Crippen molar-refractivity contribution < 1.29 is 9.53 Å². The molecule has 1 aliphatic rings. The molecule has 0 aromatic heterocycles. The van der Waals surface area contributed by atoms with Gasteiger partial charge in [-0.3, -0.25) is 4.79 Å². The topological polar surface area (TPSA) is 53.3 Å². The molecule has 100 valence electrons. The molecule has 4 heteroatoms. The molecule has 0 aliphatic heterocycles. The summed E-state index contributed by atoms with van der Waals surface area (Å²) < 4.78 is 5.68. The van der Waals surface area contributed by atoms with E-state index in [9.17, 15) is 4.79 Å². The highest BCUT2D eigenvalue weighted by molar-refractivity contribution is 5.97. The first-order valence-corrected chi connectivity index (χ1v) is 6.50. The minimum Gasteiger partial charge on any atom is -0.491 e. The predicted octanol–water partition coefficient (Wildman–Crippen LogP) is 2.23. The van der Waals surface area contributed by atoms with Gasteiger partial charge in [0.2, 0.25) is 0 Å². The second-order valence-corrected chi connectivity index (χ2v) is 4.94. The summed E-state index contributed by atoms with van der Waals surface area (Å²) in [4.78, 5) is 13.8. The molecule has 0 amide bonds. The van der Waals surface area contributed by atoms with E-state index < -0.39 is 0 Å². The zero-order valence-corrected chi connectivity index (χ0v) is 11.3. The Kier molecular flexibility index (Phi) is 4.18. The maximum absolute atomic E-state index is 11.5. The SMILES string of the molecule is CC(=O)c1ccc(C#N)cc1OCCN(C)C1CC1. The lowest BCUT2D eigenvalue weighted by molar-refractivity contribution is 0.101. The van der Waals surface area contributed by atoms with Gasteiger partial charge >= 0.3 is 0 Å². The van der Waals surface area contributed by atoms with Gasteiger partial charge in [0, 0.05) is 12.6 Å². The number of benzene rings is 1. The summed E-state index contributed by atoms with van der Waals surface area (Å²) in [5.74, 6) is 0.464. The third kappa shape index (κ3) is 3.55. The monoisotopic (exact) mass is 258 g/mol. The largest absolute Gasteiger partial charge is 0.491 e. The lowest BCUT2D eigenvalue weighted by atomic mass is 10.1. The van der Waals surface area contributed by atoms with Gasteiger partial charge in [-0.2, -0.15) is 5.26 Å². The number of ether oxygens (including phenoxy) is 1. The van der Waals surface area contributed by atoms with Crippen LogP contribution in [-0.2, 0) is 0 Å². The summed E-state index contributed by atoms with van der Waals surface area (Å²) in [5.41, 5.74) is 1.05. The molecule has 19 heavy (non-hydrogen) atoms. The van der Waals surface area contributed by atoms with Crippen LogP contribution in [0.1, 0.15) is 35.7 Å². The molecule has 1 fully saturated rings. The Morgan fingerprint density at radius 3 is 2.84 bits per heavy atom. The molecule has 0 N–H and O–H groups in total. The number of Topliss-reactive ketones (excluding diaryl/α,β-unsaturated/α-hetero) is 1. The smallest absolute Gasteiger partial charge is 0.163 e. The number of hydrogen-bond acceptors (Lipinski definition) is 4. The summed E-state index contributed by atoms with van der Waals surface area (Å²) in [6.45, 7) is 2.87. The molecule has 1 aromatic rings. The summed E-state index contributed by atoms with van der Waals surface area (Å²) in [5, 5.41) is 8.89. The standard InChI is InChI=1S/C15H18N2O2/c1-11(18)14-6-3-12(10-16)9-15(14)19-8-7-17(2)13-4-5-13/h3,6,9,13H,4-5,7-8H2,1-2H3. The Hall–Kier alpha value is -1.86. The van der Waals surface area contributed by atoms with Crippen molar-refractivity contribution in [1.82, 2.24) is 4.90 Å². The maximum atomic E-state index is 11.5. The summed E-state index contributed by atoms with van der Waals surface area (Å²) >= 11 is 0. The van der Waals surface area contributed by atoms with Crippen molar-refractivity contribution in [2.24, 2.45) is 0 Å². The quantitative estimate of drug-likeness (QED) is 0.734. The molecule has 0 heterocycles. The van der Waals surface area contributed by atoms with Crippen molar-refractivity contribution in [1.29, 1.82) is 5.26 Å². The van der Waals surface area contributed by atoms with Gasteiger partial charge in [-0.05, 0) is 45.0 Å². The first-order valence-electron chi connectivity index (χ1n) is 6.50. The second-order valence-electron chi connectivity index (χ2n) is 4.94. The number of carbonyl (C=O) groups is 1. The van der Waals surface area contributed by atoms with Crippen molar-refractivity contribution in [3.05, 3.63) is 29.3 Å². The van der Waals surface area contributed by atoms with E-state index in [1.807, 2.05) is 0 Å². The van der Waals surface area contributed by atoms with Crippen LogP contribution in [0.3, 0.4) is 0 Å². The highest BCUT2D eigenvalue weighted by Crippen LogP contribution is 2.25. The van der Waals surface area contributed by atoms with E-state index in [4.69, 9.17) is 10.00 Å². The molecule has 0 saturated heterocycles. The van der Waals surface area contributed by atoms with Gasteiger partial charge in [-0.25, -0.2) is 0 Å². The molecule has 0 radical (unpaired) electrons. The Balaban J connectivity index is 2.00. The first-order chi connectivity index (χ1) is 9.11. The van der Waals surface area contributed by atoms with Crippen LogP contribution in [0.15, 0.2) is 18.2 Å². The molecule has 2 rings (SSSR count). The van der Waals surface area contributed by atoms with E-state index in [0.29, 0.717) is 29.5 Å². The van der Waals surface area contributed by atoms with Gasteiger partial charge in [-0.1, -0.05) is 0 Å². The van der Waals surface area contributed by atoms with Crippen molar-refractivity contribution >= 4 is 5.78 Å². The second kappa shape index (κ2) is 5.85. The molecule has 0 bridgehead atoms. The molecule has 0 spiro atoms. The fraction of sp³-hybridized carbons (Fsp3) is 0.467. The fourth-order valence-electron chi connectivity index (χ4n) is 2.00. The predicted molar refractivity (Wildman–Crippen MR) is 72.3 cm³/mol. The first kappa shape index (κ1) is 13.6. The van der Waals surface area contributed by atoms with Crippen molar-refractivity contribution in [2.45, 2.75) is 25.8 Å². The van der Waals surface area contributed by atoms with Crippen LogP contribution < -0.4 is 4.74 Å². The number of ketones is 1. The average Bonchev–Trinajstić information content (AvgIpc) is 3.22. The summed E-state index contributed by atoms with van der Waals surface area (Å²) in [6.07, 6.45) is 2.53. The third-order valence-corrected chi connectivity index (χ3v) is 3.36. The van der Waals surface area contributed by atoms with E-state index in [2.05, 4.69) is 18.0 Å². The summed E-state index contributed by atoms with van der Waals surface area (Å²) in [7, 11) is 2.08. The van der Waals surface area contributed by atoms with E-state index in [0.717, 1.165) is 6.54 Å². The van der Waals surface area contributed by atoms with Gasteiger partial charge in [-0.15, -0.1) is 0 Å². The molecule has 0 unspecified atom stereocenters. The Morgan fingerprint density at radius 1 is 1.53 bits per heavy atom. The Labute approximate surface area is 113 Å². The molecule has 1 aromatic carbocycles. The molecule has 4 nitrogen and oxygen atoms in total. The van der Waals surface area contributed by atoms with Crippen LogP contribution in [-0.4, -0.2) is 36.9 Å². The minimum absolute atomic E-state index is 0.0463. The van der Waals surface area contributed by atoms with E-state index in [1.165, 1.54) is 19.8 Å². The zero-order valence-electron chi connectivity index (χ0n) is 11.3. The highest BCUT2D eigenvalue weighted by Gasteiger charge is 2.25. The number of carbonyl (C=O) groups excluding carboxylic acids is 1. The van der Waals surface area contributed by atoms with Crippen LogP contribution in [0.25, 0.3) is 0 Å². The molecular formula is C15H18N2O2. The Bertz CT molecular complexity index is 515. The Morgan fingerprint density at radius 2 is 2.26 bits per heavy atom. The van der Waals surface area contributed by atoms with E-state index in [-0.39, 0.29) is 5.78 Å². The van der Waals surface area contributed by atoms with Crippen LogP contribution >= 0.6 is 0 Å². The van der Waals surface area contributed by atoms with Gasteiger partial charge in [0.1, 0.15) is 12.4 Å². The molecular weight excluding hydrogens is 240 g/mol. The minimum atomic E-state index is -0.0463. The highest BCUT2D eigenvalue weighted by atomic mass is 16.5. The maximum Gasteiger partial charge on any atom is 0.163 e. The third-order valence-electron chi connectivity index (χ3n) is 3.36. The number of nitrogens with zero attached hydrogens (tertiary/aromatic N) is 2. The van der Waals surface area contributed by atoms with Crippen molar-refractivity contribution in [3.8, 4) is 11.8 Å². The normalized spacial score (nSPS) is 14.2. The average molecular weight is 258 g/mol. The lowest BCUT2D eigenvalue weighted by Gasteiger charge is -2.16. The summed E-state index contributed by atoms with van der Waals surface area (Å²) in [6, 6.07) is 7.68. The van der Waals surface area contributed by atoms with Gasteiger partial charge in [0.15, 0.2) is 5.78 Å². The van der Waals surface area contributed by atoms with Crippen molar-refractivity contribution in [2.75, 3.05) is 20.2 Å². The fourth-order valence-corrected chi connectivity index (χ4v) is 2.00. The number of likely N-dealkylation sites (N-methyl/N-ethyl adjacent to an activating group) is 1. The number of nitriles is 1. The number of hydrogen-bond donors (Lipinski definition) is 0. The van der Waals surface area contributed by atoms with Gasteiger partial charge in [0.25, 0.3) is 0 Å². The van der Waals surface area contributed by atoms with Gasteiger partial charge in [0.05, 0.1) is 17.2 Å². The van der Waals surface area contributed by atoms with E-state index in [1.54, 1.807) is 18.2 Å². The van der Waals surface area contributed by atoms with Crippen LogP contribution in [0, 0.1) is 11.3 Å². The zero-order chi connectivity index (χ0) is 13.8. The van der Waals surface area contributed by atoms with Crippen LogP contribution in [0.5, 0.6) is 5.75 Å². The molecule has 1 aliphatic carbocycles.